The zero-order valence-corrected chi connectivity index (χ0v) is 13.4. The van der Waals surface area contributed by atoms with Gasteiger partial charge in [0.15, 0.2) is 0 Å². The summed E-state index contributed by atoms with van der Waals surface area (Å²) >= 11 is 0. The van der Waals surface area contributed by atoms with E-state index in [-0.39, 0.29) is 0 Å². The number of aromatic nitrogens is 2. The van der Waals surface area contributed by atoms with E-state index >= 15 is 0 Å². The summed E-state index contributed by atoms with van der Waals surface area (Å²) in [7, 11) is 0. The maximum Gasteiger partial charge on any atom is 0.125 e. The van der Waals surface area contributed by atoms with Gasteiger partial charge < -0.3 is 5.32 Å². The first kappa shape index (κ1) is 15.4. The van der Waals surface area contributed by atoms with Gasteiger partial charge in [-0.05, 0) is 50.0 Å². The monoisotopic (exact) mass is 275 g/mol. The van der Waals surface area contributed by atoms with E-state index in [0.717, 1.165) is 24.0 Å². The minimum Gasteiger partial charge on any atom is -0.308 e. The molecule has 0 aliphatic heterocycles. The van der Waals surface area contributed by atoms with Crippen molar-refractivity contribution in [3.05, 3.63) is 23.8 Å². The molecule has 1 aliphatic carbocycles. The summed E-state index contributed by atoms with van der Waals surface area (Å²) in [6.45, 7) is 9.97. The summed E-state index contributed by atoms with van der Waals surface area (Å²) in [6, 6.07) is 2.66. The average Bonchev–Trinajstić information content (AvgIpc) is 2.61. The smallest absolute Gasteiger partial charge is 0.125 e. The molecule has 0 bridgehead atoms. The molecule has 3 heteroatoms. The van der Waals surface area contributed by atoms with Crippen molar-refractivity contribution < 1.29 is 0 Å². The fourth-order valence-electron chi connectivity index (χ4n) is 3.22. The van der Waals surface area contributed by atoms with Gasteiger partial charge in [-0.15, -0.1) is 0 Å². The van der Waals surface area contributed by atoms with Crippen LogP contribution in [0.4, 0.5) is 0 Å². The van der Waals surface area contributed by atoms with E-state index in [1.807, 2.05) is 19.2 Å². The molecule has 0 spiro atoms. The van der Waals surface area contributed by atoms with E-state index in [9.17, 15) is 0 Å². The summed E-state index contributed by atoms with van der Waals surface area (Å²) in [5.41, 5.74) is 1.56. The van der Waals surface area contributed by atoms with Crippen molar-refractivity contribution in [2.45, 2.75) is 72.4 Å². The summed E-state index contributed by atoms with van der Waals surface area (Å²) in [4.78, 5) is 8.61. The second-order valence-corrected chi connectivity index (χ2v) is 7.24. The molecule has 20 heavy (non-hydrogen) atoms. The van der Waals surface area contributed by atoms with Crippen LogP contribution in [0.3, 0.4) is 0 Å². The molecule has 0 radical (unpaired) electrons. The van der Waals surface area contributed by atoms with E-state index in [1.54, 1.807) is 0 Å². The molecule has 1 aromatic heterocycles. The predicted octanol–water partition coefficient (Wildman–Crippen LogP) is 3.87. The number of hydrogen-bond acceptors (Lipinski definition) is 3. The highest BCUT2D eigenvalue weighted by Gasteiger charge is 2.27. The number of aryl methyl sites for hydroxylation is 1. The average molecular weight is 275 g/mol. The van der Waals surface area contributed by atoms with E-state index in [2.05, 4.69) is 36.1 Å². The number of nitrogens with one attached hydrogen (secondary N) is 1. The molecule has 1 saturated carbocycles. The van der Waals surface area contributed by atoms with Gasteiger partial charge in [0, 0.05) is 18.8 Å². The highest BCUT2D eigenvalue weighted by Crippen LogP contribution is 2.36. The van der Waals surface area contributed by atoms with Gasteiger partial charge in [-0.2, -0.15) is 0 Å². The molecule has 0 amide bonds. The van der Waals surface area contributed by atoms with Crippen molar-refractivity contribution in [3.8, 4) is 0 Å². The van der Waals surface area contributed by atoms with Crippen molar-refractivity contribution in [2.24, 2.45) is 11.3 Å². The van der Waals surface area contributed by atoms with Gasteiger partial charge in [-0.3, -0.25) is 0 Å². The van der Waals surface area contributed by atoms with Gasteiger partial charge >= 0.3 is 0 Å². The van der Waals surface area contributed by atoms with Crippen molar-refractivity contribution in [1.82, 2.24) is 15.3 Å². The maximum atomic E-state index is 4.46. The fraction of sp³-hybridized carbons (Fsp3) is 0.765. The lowest BCUT2D eigenvalue weighted by Crippen LogP contribution is -2.29. The van der Waals surface area contributed by atoms with Crippen LogP contribution in [0.15, 0.2) is 12.3 Å². The van der Waals surface area contributed by atoms with Crippen molar-refractivity contribution in [2.75, 3.05) is 0 Å². The van der Waals surface area contributed by atoms with Crippen LogP contribution in [0, 0.1) is 18.3 Å². The fourth-order valence-corrected chi connectivity index (χ4v) is 3.22. The Morgan fingerprint density at radius 2 is 2.00 bits per heavy atom. The molecule has 0 aromatic carbocycles. The molecule has 112 valence electrons. The third-order valence-electron chi connectivity index (χ3n) is 4.60. The molecule has 1 aliphatic rings. The third kappa shape index (κ3) is 4.55. The van der Waals surface area contributed by atoms with Gasteiger partial charge in [0.2, 0.25) is 0 Å². The van der Waals surface area contributed by atoms with E-state index in [0.29, 0.717) is 11.5 Å². The summed E-state index contributed by atoms with van der Waals surface area (Å²) < 4.78 is 0. The minimum atomic E-state index is 0.457. The van der Waals surface area contributed by atoms with Crippen molar-refractivity contribution in [1.29, 1.82) is 0 Å². The van der Waals surface area contributed by atoms with Crippen LogP contribution in [0.2, 0.25) is 0 Å². The first-order valence-corrected chi connectivity index (χ1v) is 7.97. The van der Waals surface area contributed by atoms with Gasteiger partial charge in [-0.25, -0.2) is 9.97 Å². The molecule has 2 unspecified atom stereocenters. The van der Waals surface area contributed by atoms with Crippen LogP contribution >= 0.6 is 0 Å². The van der Waals surface area contributed by atoms with Crippen LogP contribution in [0.1, 0.15) is 64.4 Å². The highest BCUT2D eigenvalue weighted by atomic mass is 14.9. The third-order valence-corrected chi connectivity index (χ3v) is 4.60. The number of nitrogens with zero attached hydrogens (tertiary/aromatic N) is 2. The molecular formula is C17H29N3. The largest absolute Gasteiger partial charge is 0.308 e. The minimum absolute atomic E-state index is 0.457. The SMILES string of the molecule is Cc1nccc(CNC2CCCC(C(C)(C)C)CC2)n1. The van der Waals surface area contributed by atoms with Crippen LogP contribution in [-0.2, 0) is 6.54 Å². The Morgan fingerprint density at radius 1 is 1.20 bits per heavy atom. The lowest BCUT2D eigenvalue weighted by atomic mass is 9.76. The van der Waals surface area contributed by atoms with Crippen molar-refractivity contribution in [3.63, 3.8) is 0 Å². The van der Waals surface area contributed by atoms with E-state index in [4.69, 9.17) is 0 Å². The molecule has 1 aromatic rings. The maximum absolute atomic E-state index is 4.46. The van der Waals surface area contributed by atoms with Gasteiger partial charge in [0.25, 0.3) is 0 Å². The number of rotatable bonds is 3. The molecular weight excluding hydrogens is 246 g/mol. The van der Waals surface area contributed by atoms with Crippen LogP contribution in [0.25, 0.3) is 0 Å². The Hall–Kier alpha value is -0.960. The molecule has 1 N–H and O–H groups in total. The van der Waals surface area contributed by atoms with Crippen LogP contribution in [0.5, 0.6) is 0 Å². The Kier molecular flexibility index (Phi) is 5.14. The topological polar surface area (TPSA) is 37.8 Å². The Balaban J connectivity index is 1.83. The quantitative estimate of drug-likeness (QED) is 0.851. The van der Waals surface area contributed by atoms with Crippen molar-refractivity contribution >= 4 is 0 Å². The van der Waals surface area contributed by atoms with E-state index in [1.165, 1.54) is 32.1 Å². The van der Waals surface area contributed by atoms with Gasteiger partial charge in [0.05, 0.1) is 5.69 Å². The Bertz CT molecular complexity index is 422. The lowest BCUT2D eigenvalue weighted by Gasteiger charge is -2.29. The summed E-state index contributed by atoms with van der Waals surface area (Å²) in [6.07, 6.45) is 8.53. The molecule has 1 fully saturated rings. The first-order valence-electron chi connectivity index (χ1n) is 7.97. The lowest BCUT2D eigenvalue weighted by molar-refractivity contribution is 0.213. The van der Waals surface area contributed by atoms with Crippen LogP contribution < -0.4 is 5.32 Å². The van der Waals surface area contributed by atoms with E-state index < -0.39 is 0 Å². The summed E-state index contributed by atoms with van der Waals surface area (Å²) in [5.74, 6) is 1.73. The molecule has 3 nitrogen and oxygen atoms in total. The first-order chi connectivity index (χ1) is 9.45. The Labute approximate surface area is 123 Å². The standard InChI is InChI=1S/C17H29N3/c1-13-18-11-10-16(20-13)12-19-15-7-5-6-14(8-9-15)17(2,3)4/h10-11,14-15,19H,5-9,12H2,1-4H3. The molecule has 0 saturated heterocycles. The molecule has 1 heterocycles. The normalized spacial score (nSPS) is 24.4. The highest BCUT2D eigenvalue weighted by molar-refractivity contribution is 5.01. The van der Waals surface area contributed by atoms with Gasteiger partial charge in [0.1, 0.15) is 5.82 Å². The predicted molar refractivity (Wildman–Crippen MR) is 83.4 cm³/mol. The zero-order chi connectivity index (χ0) is 14.6. The zero-order valence-electron chi connectivity index (χ0n) is 13.4. The molecule has 2 atom stereocenters. The second-order valence-electron chi connectivity index (χ2n) is 7.24. The Morgan fingerprint density at radius 3 is 2.70 bits per heavy atom. The molecule has 2 rings (SSSR count). The number of hydrogen-bond donors (Lipinski definition) is 1. The van der Waals surface area contributed by atoms with Crippen LogP contribution in [-0.4, -0.2) is 16.0 Å². The second kappa shape index (κ2) is 6.66. The van der Waals surface area contributed by atoms with Gasteiger partial charge in [-0.1, -0.05) is 27.2 Å². The summed E-state index contributed by atoms with van der Waals surface area (Å²) in [5, 5.41) is 3.69.